The zero-order valence-corrected chi connectivity index (χ0v) is 18.6. The molecule has 4 N–H and O–H groups in total. The quantitative estimate of drug-likeness (QED) is 0.445. The summed E-state index contributed by atoms with van der Waals surface area (Å²) in [6, 6.07) is 11.4. The highest BCUT2D eigenvalue weighted by Gasteiger charge is 2.26. The van der Waals surface area contributed by atoms with Crippen molar-refractivity contribution < 1.29 is 28.5 Å². The highest BCUT2D eigenvalue weighted by molar-refractivity contribution is 5.68. The van der Waals surface area contributed by atoms with Crippen LogP contribution >= 0.6 is 0 Å². The number of benzene rings is 2. The van der Waals surface area contributed by atoms with Gasteiger partial charge in [-0.15, -0.1) is 0 Å². The van der Waals surface area contributed by atoms with Gasteiger partial charge in [-0.25, -0.2) is 13.6 Å². The molecule has 0 aliphatic rings. The molecular formula is C24H32F2N2O4. The van der Waals surface area contributed by atoms with Crippen molar-refractivity contribution in [2.75, 3.05) is 13.2 Å². The SMILES string of the molecule is CC(C)(C)OC(=O)N[C@@H](Cc1cc(F)cc(F)c1)[C@H](O)CNC(CCO)c1ccccc1. The molecule has 2 aromatic rings. The Balaban J connectivity index is 2.14. The molecule has 0 radical (unpaired) electrons. The fourth-order valence-corrected chi connectivity index (χ4v) is 3.33. The number of alkyl carbamates (subject to hydrolysis) is 1. The molecule has 3 atom stereocenters. The third-order valence-electron chi connectivity index (χ3n) is 4.74. The van der Waals surface area contributed by atoms with Crippen LogP contribution < -0.4 is 10.6 Å². The van der Waals surface area contributed by atoms with Crippen LogP contribution in [0.3, 0.4) is 0 Å². The molecule has 2 aromatic carbocycles. The molecule has 32 heavy (non-hydrogen) atoms. The minimum atomic E-state index is -1.10. The van der Waals surface area contributed by atoms with E-state index in [1.54, 1.807) is 20.8 Å². The maximum Gasteiger partial charge on any atom is 0.407 e. The molecule has 6 nitrogen and oxygen atoms in total. The van der Waals surface area contributed by atoms with Crippen LogP contribution in [-0.2, 0) is 11.2 Å². The number of carbonyl (C=O) groups excluding carboxylic acids is 1. The predicted octanol–water partition coefficient (Wildman–Crippen LogP) is 3.47. The maximum atomic E-state index is 13.6. The van der Waals surface area contributed by atoms with E-state index in [1.807, 2.05) is 30.3 Å². The monoisotopic (exact) mass is 450 g/mol. The summed E-state index contributed by atoms with van der Waals surface area (Å²) in [5.74, 6) is -1.48. The number of rotatable bonds is 10. The van der Waals surface area contributed by atoms with Gasteiger partial charge in [0.2, 0.25) is 0 Å². The predicted molar refractivity (Wildman–Crippen MR) is 118 cm³/mol. The van der Waals surface area contributed by atoms with Crippen molar-refractivity contribution in [2.24, 2.45) is 0 Å². The molecule has 0 fully saturated rings. The van der Waals surface area contributed by atoms with Gasteiger partial charge < -0.3 is 25.6 Å². The van der Waals surface area contributed by atoms with Gasteiger partial charge >= 0.3 is 6.09 Å². The second-order valence-corrected chi connectivity index (χ2v) is 8.69. The van der Waals surface area contributed by atoms with Crippen molar-refractivity contribution in [3.63, 3.8) is 0 Å². The molecule has 0 heterocycles. The van der Waals surface area contributed by atoms with Gasteiger partial charge in [0.05, 0.1) is 12.1 Å². The van der Waals surface area contributed by atoms with Gasteiger partial charge in [0, 0.05) is 25.3 Å². The highest BCUT2D eigenvalue weighted by Crippen LogP contribution is 2.17. The van der Waals surface area contributed by atoms with Crippen molar-refractivity contribution in [3.05, 3.63) is 71.3 Å². The van der Waals surface area contributed by atoms with Gasteiger partial charge in [-0.1, -0.05) is 30.3 Å². The van der Waals surface area contributed by atoms with Gasteiger partial charge in [0.15, 0.2) is 0 Å². The van der Waals surface area contributed by atoms with E-state index >= 15 is 0 Å². The summed E-state index contributed by atoms with van der Waals surface area (Å²) in [7, 11) is 0. The van der Waals surface area contributed by atoms with Crippen molar-refractivity contribution in [1.82, 2.24) is 10.6 Å². The fraction of sp³-hybridized carbons (Fsp3) is 0.458. The van der Waals surface area contributed by atoms with Crippen LogP contribution in [-0.4, -0.2) is 47.2 Å². The van der Waals surface area contributed by atoms with Crippen LogP contribution in [0.5, 0.6) is 0 Å². The van der Waals surface area contributed by atoms with E-state index in [0.717, 1.165) is 23.8 Å². The number of aliphatic hydroxyl groups excluding tert-OH is 2. The van der Waals surface area contributed by atoms with Gasteiger partial charge in [0.1, 0.15) is 17.2 Å². The Hall–Kier alpha value is -2.55. The normalized spacial score (nSPS) is 14.5. The molecule has 1 unspecified atom stereocenters. The Morgan fingerprint density at radius 3 is 2.28 bits per heavy atom. The zero-order valence-electron chi connectivity index (χ0n) is 18.6. The number of ether oxygens (including phenoxy) is 1. The maximum absolute atomic E-state index is 13.6. The molecular weight excluding hydrogens is 418 g/mol. The summed E-state index contributed by atoms with van der Waals surface area (Å²) in [5, 5.41) is 26.0. The highest BCUT2D eigenvalue weighted by atomic mass is 19.1. The molecule has 176 valence electrons. The lowest BCUT2D eigenvalue weighted by atomic mass is 9.99. The van der Waals surface area contributed by atoms with Crippen LogP contribution in [0.1, 0.15) is 44.4 Å². The largest absolute Gasteiger partial charge is 0.444 e. The van der Waals surface area contributed by atoms with Crippen molar-refractivity contribution in [1.29, 1.82) is 0 Å². The molecule has 2 rings (SSSR count). The zero-order chi connectivity index (χ0) is 23.7. The minimum Gasteiger partial charge on any atom is -0.444 e. The average Bonchev–Trinajstić information content (AvgIpc) is 2.69. The van der Waals surface area contributed by atoms with Crippen molar-refractivity contribution in [3.8, 4) is 0 Å². The van der Waals surface area contributed by atoms with E-state index in [2.05, 4.69) is 10.6 Å². The first-order valence-corrected chi connectivity index (χ1v) is 10.6. The number of nitrogens with one attached hydrogen (secondary N) is 2. The lowest BCUT2D eigenvalue weighted by Crippen LogP contribution is -2.50. The summed E-state index contributed by atoms with van der Waals surface area (Å²) in [4.78, 5) is 12.3. The number of halogens is 2. The number of hydrogen-bond acceptors (Lipinski definition) is 5. The summed E-state index contributed by atoms with van der Waals surface area (Å²) < 4.78 is 32.6. The van der Waals surface area contributed by atoms with E-state index in [1.165, 1.54) is 0 Å². The third-order valence-corrected chi connectivity index (χ3v) is 4.74. The number of carbonyl (C=O) groups is 1. The summed E-state index contributed by atoms with van der Waals surface area (Å²) in [5.41, 5.74) is 0.484. The molecule has 0 spiro atoms. The van der Waals surface area contributed by atoms with Crippen LogP contribution in [0.15, 0.2) is 48.5 Å². The van der Waals surface area contributed by atoms with E-state index < -0.39 is 35.5 Å². The fourth-order valence-electron chi connectivity index (χ4n) is 3.33. The molecule has 1 amide bonds. The molecule has 0 aliphatic heterocycles. The van der Waals surface area contributed by atoms with E-state index in [9.17, 15) is 23.8 Å². The smallest absolute Gasteiger partial charge is 0.407 e. The Morgan fingerprint density at radius 2 is 1.72 bits per heavy atom. The summed E-state index contributed by atoms with van der Waals surface area (Å²) in [6.07, 6.45) is -1.42. The second kappa shape index (κ2) is 11.9. The van der Waals surface area contributed by atoms with E-state index in [4.69, 9.17) is 4.74 Å². The van der Waals surface area contributed by atoms with E-state index in [-0.39, 0.29) is 31.2 Å². The van der Waals surface area contributed by atoms with Crippen LogP contribution in [0, 0.1) is 11.6 Å². The Morgan fingerprint density at radius 1 is 1.09 bits per heavy atom. The Bertz CT molecular complexity index is 839. The average molecular weight is 451 g/mol. The second-order valence-electron chi connectivity index (χ2n) is 8.69. The first-order chi connectivity index (χ1) is 15.1. The molecule has 0 aliphatic carbocycles. The molecule has 0 saturated carbocycles. The topological polar surface area (TPSA) is 90.8 Å². The lowest BCUT2D eigenvalue weighted by Gasteiger charge is -2.28. The van der Waals surface area contributed by atoms with Crippen LogP contribution in [0.4, 0.5) is 13.6 Å². The lowest BCUT2D eigenvalue weighted by molar-refractivity contribution is 0.0419. The standard InChI is InChI=1S/C24H32F2N2O4/c1-24(2,3)32-23(31)28-21(13-16-11-18(25)14-19(26)12-16)22(30)15-27-20(9-10-29)17-7-5-4-6-8-17/h4-8,11-12,14,20-22,27,29-30H,9-10,13,15H2,1-3H3,(H,28,31)/t20?,21-,22+/m0/s1. The third kappa shape index (κ3) is 8.90. The number of amides is 1. The molecule has 0 saturated heterocycles. The Kier molecular flexibility index (Phi) is 9.56. The van der Waals surface area contributed by atoms with Gasteiger partial charge in [0.25, 0.3) is 0 Å². The van der Waals surface area contributed by atoms with Crippen LogP contribution in [0.2, 0.25) is 0 Å². The number of aliphatic hydroxyl groups is 2. The van der Waals surface area contributed by atoms with E-state index in [0.29, 0.717) is 6.42 Å². The first-order valence-electron chi connectivity index (χ1n) is 10.6. The summed E-state index contributed by atoms with van der Waals surface area (Å²) >= 11 is 0. The summed E-state index contributed by atoms with van der Waals surface area (Å²) in [6.45, 7) is 5.14. The molecule has 8 heteroatoms. The number of hydrogen-bond donors (Lipinski definition) is 4. The Labute approximate surface area is 187 Å². The van der Waals surface area contributed by atoms with Crippen LogP contribution in [0.25, 0.3) is 0 Å². The van der Waals surface area contributed by atoms with Crippen molar-refractivity contribution in [2.45, 2.75) is 57.4 Å². The first kappa shape index (κ1) is 25.7. The minimum absolute atomic E-state index is 0.00717. The molecule has 0 bridgehead atoms. The van der Waals surface area contributed by atoms with Gasteiger partial charge in [-0.05, 0) is 56.9 Å². The van der Waals surface area contributed by atoms with Crippen molar-refractivity contribution >= 4 is 6.09 Å². The van der Waals surface area contributed by atoms with Gasteiger partial charge in [-0.3, -0.25) is 0 Å². The van der Waals surface area contributed by atoms with Gasteiger partial charge in [-0.2, -0.15) is 0 Å². The molecule has 0 aromatic heterocycles.